The molecule has 1 aromatic carbocycles. The van der Waals surface area contributed by atoms with Crippen molar-refractivity contribution in [2.75, 3.05) is 5.32 Å². The molecule has 1 fully saturated rings. The number of carbonyl (C=O) groups excluding carboxylic acids is 1. The van der Waals surface area contributed by atoms with Crippen molar-refractivity contribution in [1.29, 1.82) is 0 Å². The van der Waals surface area contributed by atoms with Gasteiger partial charge in [0.1, 0.15) is 10.8 Å². The van der Waals surface area contributed by atoms with Gasteiger partial charge in [0.2, 0.25) is 11.0 Å². The number of aryl methyl sites for hydroxylation is 1. The van der Waals surface area contributed by atoms with E-state index in [4.69, 9.17) is 0 Å². The Morgan fingerprint density at radius 2 is 1.95 bits per heavy atom. The molecule has 2 aromatic rings. The lowest BCUT2D eigenvalue weighted by Crippen LogP contribution is -2.38. The van der Waals surface area contributed by atoms with Gasteiger partial charge < -0.3 is 0 Å². The Morgan fingerprint density at radius 1 is 1.27 bits per heavy atom. The van der Waals surface area contributed by atoms with E-state index >= 15 is 0 Å². The minimum absolute atomic E-state index is 0.0598. The summed E-state index contributed by atoms with van der Waals surface area (Å²) in [6, 6.07) is 6.28. The van der Waals surface area contributed by atoms with Gasteiger partial charge in [-0.2, -0.15) is 0 Å². The second-order valence-electron chi connectivity index (χ2n) is 5.60. The van der Waals surface area contributed by atoms with E-state index < -0.39 is 5.41 Å². The summed E-state index contributed by atoms with van der Waals surface area (Å²) in [6.45, 7) is 2.00. The Bertz CT molecular complexity index is 662. The Hall–Kier alpha value is -1.82. The highest BCUT2D eigenvalue weighted by Crippen LogP contribution is 2.42. The lowest BCUT2D eigenvalue weighted by molar-refractivity contribution is -0.121. The van der Waals surface area contributed by atoms with Gasteiger partial charge in [-0.25, -0.2) is 4.39 Å². The van der Waals surface area contributed by atoms with Crippen LogP contribution in [0.2, 0.25) is 0 Å². The van der Waals surface area contributed by atoms with Crippen molar-refractivity contribution in [3.63, 3.8) is 0 Å². The molecule has 0 atom stereocenters. The van der Waals surface area contributed by atoms with Crippen molar-refractivity contribution in [2.45, 2.75) is 44.4 Å². The van der Waals surface area contributed by atoms with Gasteiger partial charge >= 0.3 is 0 Å². The fourth-order valence-electron chi connectivity index (χ4n) is 3.06. The largest absolute Gasteiger partial charge is 0.300 e. The third kappa shape index (κ3) is 2.75. The molecule has 1 aromatic heterocycles. The van der Waals surface area contributed by atoms with E-state index in [-0.39, 0.29) is 11.7 Å². The zero-order valence-corrected chi connectivity index (χ0v) is 13.3. The number of carbonyl (C=O) groups is 1. The number of rotatable bonds is 4. The first-order valence-corrected chi connectivity index (χ1v) is 8.35. The predicted molar refractivity (Wildman–Crippen MR) is 84.5 cm³/mol. The summed E-state index contributed by atoms with van der Waals surface area (Å²) < 4.78 is 13.2. The Kier molecular flexibility index (Phi) is 4.20. The van der Waals surface area contributed by atoms with Gasteiger partial charge in [0, 0.05) is 0 Å². The number of benzene rings is 1. The van der Waals surface area contributed by atoms with Crippen LogP contribution in [0.4, 0.5) is 9.52 Å². The fourth-order valence-corrected chi connectivity index (χ4v) is 3.73. The summed E-state index contributed by atoms with van der Waals surface area (Å²) in [6.07, 6.45) is 4.37. The third-order valence-corrected chi connectivity index (χ3v) is 5.26. The number of anilines is 1. The number of amides is 1. The van der Waals surface area contributed by atoms with Gasteiger partial charge in [-0.1, -0.05) is 43.2 Å². The first-order valence-electron chi connectivity index (χ1n) is 7.54. The molecular weight excluding hydrogens is 301 g/mol. The molecule has 0 spiro atoms. The molecule has 4 nitrogen and oxygen atoms in total. The number of halogens is 1. The van der Waals surface area contributed by atoms with Crippen LogP contribution in [0, 0.1) is 5.82 Å². The van der Waals surface area contributed by atoms with E-state index in [0.717, 1.165) is 42.7 Å². The molecule has 116 valence electrons. The summed E-state index contributed by atoms with van der Waals surface area (Å²) in [5, 5.41) is 12.4. The van der Waals surface area contributed by atoms with E-state index in [2.05, 4.69) is 15.5 Å². The van der Waals surface area contributed by atoms with Crippen molar-refractivity contribution < 1.29 is 9.18 Å². The second kappa shape index (κ2) is 6.12. The monoisotopic (exact) mass is 319 g/mol. The molecule has 1 saturated carbocycles. The number of aromatic nitrogens is 2. The standard InChI is InChI=1S/C16H18FN3OS/c1-2-13-19-20-15(22-13)18-14(21)16(9-3-4-10-16)11-5-7-12(17)8-6-11/h5-8H,2-4,9-10H2,1H3,(H,18,20,21). The van der Waals surface area contributed by atoms with E-state index in [1.165, 1.54) is 23.5 Å². The smallest absolute Gasteiger partial charge is 0.236 e. The van der Waals surface area contributed by atoms with E-state index in [0.29, 0.717) is 5.13 Å². The van der Waals surface area contributed by atoms with Crippen LogP contribution in [0.25, 0.3) is 0 Å². The number of nitrogens with one attached hydrogen (secondary N) is 1. The Morgan fingerprint density at radius 3 is 2.55 bits per heavy atom. The highest BCUT2D eigenvalue weighted by Gasteiger charge is 2.43. The minimum Gasteiger partial charge on any atom is -0.300 e. The molecule has 1 N–H and O–H groups in total. The normalized spacial score (nSPS) is 16.6. The third-order valence-electron chi connectivity index (χ3n) is 4.28. The zero-order valence-electron chi connectivity index (χ0n) is 12.4. The molecular formula is C16H18FN3OS. The Balaban J connectivity index is 1.86. The molecule has 1 aliphatic carbocycles. The second-order valence-corrected chi connectivity index (χ2v) is 6.67. The van der Waals surface area contributed by atoms with Crippen LogP contribution >= 0.6 is 11.3 Å². The summed E-state index contributed by atoms with van der Waals surface area (Å²) in [7, 11) is 0. The molecule has 3 rings (SSSR count). The van der Waals surface area contributed by atoms with Gasteiger partial charge in [-0.3, -0.25) is 10.1 Å². The van der Waals surface area contributed by atoms with Crippen molar-refractivity contribution >= 4 is 22.4 Å². The summed E-state index contributed by atoms with van der Waals surface area (Å²) in [5.74, 6) is -0.343. The van der Waals surface area contributed by atoms with E-state index in [1.54, 1.807) is 12.1 Å². The Labute approximate surface area is 132 Å². The lowest BCUT2D eigenvalue weighted by Gasteiger charge is -2.27. The van der Waals surface area contributed by atoms with Crippen LogP contribution in [-0.4, -0.2) is 16.1 Å². The van der Waals surface area contributed by atoms with E-state index in [9.17, 15) is 9.18 Å². The highest BCUT2D eigenvalue weighted by molar-refractivity contribution is 7.15. The van der Waals surface area contributed by atoms with E-state index in [1.807, 2.05) is 6.92 Å². The van der Waals surface area contributed by atoms with Gasteiger partial charge in [0.15, 0.2) is 0 Å². The molecule has 22 heavy (non-hydrogen) atoms. The zero-order chi connectivity index (χ0) is 15.6. The average molecular weight is 319 g/mol. The first-order chi connectivity index (χ1) is 10.6. The van der Waals surface area contributed by atoms with Crippen LogP contribution in [-0.2, 0) is 16.6 Å². The van der Waals surface area contributed by atoms with Crippen molar-refractivity contribution in [3.05, 3.63) is 40.7 Å². The molecule has 0 bridgehead atoms. The summed E-state index contributed by atoms with van der Waals surface area (Å²) in [5.41, 5.74) is 0.301. The summed E-state index contributed by atoms with van der Waals surface area (Å²) >= 11 is 1.40. The fraction of sp³-hybridized carbons (Fsp3) is 0.438. The van der Waals surface area contributed by atoms with Crippen LogP contribution in [0.1, 0.15) is 43.2 Å². The van der Waals surface area contributed by atoms with Gasteiger partial charge in [-0.15, -0.1) is 10.2 Å². The molecule has 0 saturated heterocycles. The quantitative estimate of drug-likeness (QED) is 0.935. The maximum atomic E-state index is 13.2. The molecule has 0 radical (unpaired) electrons. The van der Waals surface area contributed by atoms with Crippen molar-refractivity contribution in [2.24, 2.45) is 0 Å². The van der Waals surface area contributed by atoms with Crippen LogP contribution in [0.15, 0.2) is 24.3 Å². The number of hydrogen-bond acceptors (Lipinski definition) is 4. The lowest BCUT2D eigenvalue weighted by atomic mass is 9.78. The first kappa shape index (κ1) is 15.1. The molecule has 1 aliphatic rings. The van der Waals surface area contributed by atoms with Crippen molar-refractivity contribution in [1.82, 2.24) is 10.2 Å². The van der Waals surface area contributed by atoms with Gasteiger partial charge in [0.25, 0.3) is 0 Å². The maximum absolute atomic E-state index is 13.2. The summed E-state index contributed by atoms with van der Waals surface area (Å²) in [4.78, 5) is 12.9. The average Bonchev–Trinajstić information content (AvgIpc) is 3.17. The van der Waals surface area contributed by atoms with Gasteiger partial charge in [-0.05, 0) is 37.0 Å². The van der Waals surface area contributed by atoms with Crippen LogP contribution in [0.3, 0.4) is 0 Å². The van der Waals surface area contributed by atoms with Crippen LogP contribution in [0.5, 0.6) is 0 Å². The van der Waals surface area contributed by atoms with Crippen LogP contribution < -0.4 is 5.32 Å². The van der Waals surface area contributed by atoms with Crippen molar-refractivity contribution in [3.8, 4) is 0 Å². The predicted octanol–water partition coefficient (Wildman–Crippen LogP) is 3.69. The number of nitrogens with zero attached hydrogens (tertiary/aromatic N) is 2. The molecule has 0 aliphatic heterocycles. The SMILES string of the molecule is CCc1nnc(NC(=O)C2(c3ccc(F)cc3)CCCC2)s1. The number of hydrogen-bond donors (Lipinski definition) is 1. The molecule has 0 unspecified atom stereocenters. The molecule has 1 amide bonds. The highest BCUT2D eigenvalue weighted by atomic mass is 32.1. The van der Waals surface area contributed by atoms with Gasteiger partial charge in [0.05, 0.1) is 5.41 Å². The topological polar surface area (TPSA) is 54.9 Å². The maximum Gasteiger partial charge on any atom is 0.236 e. The minimum atomic E-state index is -0.578. The molecule has 6 heteroatoms. The molecule has 1 heterocycles.